The van der Waals surface area contributed by atoms with Crippen LogP contribution in [0, 0.1) is 10.1 Å². The molecule has 0 bridgehead atoms. The number of rotatable bonds is 5. The molecule has 9 nitrogen and oxygen atoms in total. The van der Waals surface area contributed by atoms with E-state index in [2.05, 4.69) is 10.3 Å². The van der Waals surface area contributed by atoms with Crippen LogP contribution in [0.15, 0.2) is 46.3 Å². The van der Waals surface area contributed by atoms with Crippen LogP contribution in [0.3, 0.4) is 0 Å². The van der Waals surface area contributed by atoms with Crippen molar-refractivity contribution in [3.05, 3.63) is 62.5 Å². The standard InChI is InChI=1S/C20H14F3N3O6S/c1-10(27)24-19-25-18(28)17(33-19)8-11-3-5-15(16(7-11)31-2)32-14-6-4-12(20(21,22)23)9-13(14)26(29)30/h3-9H,1-2H3,(H,24,25,27,28)/b17-8+. The van der Waals surface area contributed by atoms with Crippen molar-refractivity contribution in [3.63, 3.8) is 0 Å². The number of aliphatic imine (C=N–C) groups is 1. The lowest BCUT2D eigenvalue weighted by atomic mass is 10.1. The summed E-state index contributed by atoms with van der Waals surface area (Å²) >= 11 is 0.961. The third-order valence-electron chi connectivity index (χ3n) is 4.09. The minimum Gasteiger partial charge on any atom is -0.493 e. The molecule has 1 heterocycles. The number of alkyl halides is 3. The highest BCUT2D eigenvalue weighted by Crippen LogP contribution is 2.40. The van der Waals surface area contributed by atoms with Gasteiger partial charge < -0.3 is 14.8 Å². The molecule has 0 aromatic heterocycles. The van der Waals surface area contributed by atoms with Gasteiger partial charge in [0.25, 0.3) is 5.91 Å². The second kappa shape index (κ2) is 9.32. The average Bonchev–Trinajstić information content (AvgIpc) is 3.06. The topological polar surface area (TPSA) is 120 Å². The number of thioether (sulfide) groups is 1. The molecular weight excluding hydrogens is 467 g/mol. The molecule has 0 saturated carbocycles. The smallest absolute Gasteiger partial charge is 0.416 e. The van der Waals surface area contributed by atoms with E-state index in [0.29, 0.717) is 17.7 Å². The summed E-state index contributed by atoms with van der Waals surface area (Å²) in [6.45, 7) is 1.28. The van der Waals surface area contributed by atoms with E-state index in [0.717, 1.165) is 17.8 Å². The van der Waals surface area contributed by atoms with Crippen molar-refractivity contribution in [2.45, 2.75) is 13.1 Å². The van der Waals surface area contributed by atoms with Crippen LogP contribution in [0.2, 0.25) is 0 Å². The van der Waals surface area contributed by atoms with Crippen LogP contribution in [-0.2, 0) is 15.8 Å². The summed E-state index contributed by atoms with van der Waals surface area (Å²) in [5.74, 6) is -1.23. The fourth-order valence-corrected chi connectivity index (χ4v) is 3.52. The number of hydrogen-bond acceptors (Lipinski definition) is 7. The van der Waals surface area contributed by atoms with Crippen molar-refractivity contribution in [1.29, 1.82) is 0 Å². The molecule has 0 radical (unpaired) electrons. The number of hydrogen-bond donors (Lipinski definition) is 1. The highest BCUT2D eigenvalue weighted by molar-refractivity contribution is 8.18. The number of amides is 2. The minimum atomic E-state index is -4.75. The van der Waals surface area contributed by atoms with Crippen molar-refractivity contribution in [3.8, 4) is 17.2 Å². The Labute approximate surface area is 188 Å². The molecule has 1 aliphatic rings. The zero-order valence-corrected chi connectivity index (χ0v) is 17.7. The Morgan fingerprint density at radius 3 is 2.48 bits per heavy atom. The van der Waals surface area contributed by atoms with E-state index in [1.54, 1.807) is 0 Å². The molecule has 0 spiro atoms. The average molecular weight is 481 g/mol. The second-order valence-corrected chi connectivity index (χ2v) is 7.49. The number of carbonyl (C=O) groups excluding carboxylic acids is 2. The maximum atomic E-state index is 12.9. The van der Waals surface area contributed by atoms with E-state index in [1.165, 1.54) is 38.3 Å². The summed E-state index contributed by atoms with van der Waals surface area (Å²) in [6.07, 6.45) is -3.27. The van der Waals surface area contributed by atoms with Crippen molar-refractivity contribution in [2.24, 2.45) is 4.99 Å². The van der Waals surface area contributed by atoms with Crippen LogP contribution in [0.25, 0.3) is 6.08 Å². The number of nitrogens with one attached hydrogen (secondary N) is 1. The Kier molecular flexibility index (Phi) is 6.72. The molecule has 0 atom stereocenters. The quantitative estimate of drug-likeness (QED) is 0.379. The van der Waals surface area contributed by atoms with Crippen LogP contribution in [0.4, 0.5) is 18.9 Å². The zero-order chi connectivity index (χ0) is 24.3. The number of carbonyl (C=O) groups is 2. The van der Waals surface area contributed by atoms with E-state index in [1.807, 2.05) is 0 Å². The molecule has 0 fully saturated rings. The summed E-state index contributed by atoms with van der Waals surface area (Å²) in [7, 11) is 1.30. The summed E-state index contributed by atoms with van der Waals surface area (Å²) in [5.41, 5.74) is -1.57. The summed E-state index contributed by atoms with van der Waals surface area (Å²) in [4.78, 5) is 37.3. The first kappa shape index (κ1) is 23.8. The maximum absolute atomic E-state index is 12.9. The molecule has 3 rings (SSSR count). The van der Waals surface area contributed by atoms with Gasteiger partial charge in [-0.05, 0) is 47.7 Å². The Bertz CT molecular complexity index is 1210. The van der Waals surface area contributed by atoms with Crippen LogP contribution >= 0.6 is 11.8 Å². The van der Waals surface area contributed by atoms with E-state index in [-0.39, 0.29) is 27.5 Å². The predicted octanol–water partition coefficient (Wildman–Crippen LogP) is 4.52. The number of methoxy groups -OCH3 is 1. The molecule has 0 saturated heterocycles. The highest BCUT2D eigenvalue weighted by atomic mass is 32.2. The first-order valence-electron chi connectivity index (χ1n) is 8.99. The monoisotopic (exact) mass is 481 g/mol. The van der Waals surface area contributed by atoms with Crippen LogP contribution in [0.5, 0.6) is 17.2 Å². The van der Waals surface area contributed by atoms with Crippen LogP contribution in [0.1, 0.15) is 18.1 Å². The van der Waals surface area contributed by atoms with Crippen molar-refractivity contribution in [1.82, 2.24) is 5.32 Å². The molecule has 13 heteroatoms. The molecule has 2 aromatic rings. The molecule has 2 amide bonds. The lowest BCUT2D eigenvalue weighted by molar-refractivity contribution is -0.385. The van der Waals surface area contributed by atoms with Gasteiger partial charge in [-0.2, -0.15) is 18.2 Å². The lowest BCUT2D eigenvalue weighted by Crippen LogP contribution is -2.23. The predicted molar refractivity (Wildman–Crippen MR) is 113 cm³/mol. The molecule has 1 N–H and O–H groups in total. The Balaban J connectivity index is 1.88. The van der Waals surface area contributed by atoms with E-state index < -0.39 is 34.0 Å². The third kappa shape index (κ3) is 5.68. The second-order valence-electron chi connectivity index (χ2n) is 6.46. The number of halogens is 3. The van der Waals surface area contributed by atoms with Gasteiger partial charge in [-0.3, -0.25) is 19.7 Å². The number of amidine groups is 1. The SMILES string of the molecule is COc1cc(/C=C2/SC(NC(C)=O)=NC2=O)ccc1Oc1ccc(C(F)(F)F)cc1[N+](=O)[O-]. The highest BCUT2D eigenvalue weighted by Gasteiger charge is 2.33. The normalized spacial score (nSPS) is 14.8. The maximum Gasteiger partial charge on any atom is 0.416 e. The van der Waals surface area contributed by atoms with Gasteiger partial charge in [0.2, 0.25) is 11.7 Å². The molecule has 172 valence electrons. The Morgan fingerprint density at radius 1 is 1.18 bits per heavy atom. The molecular formula is C20H14F3N3O6S. The minimum absolute atomic E-state index is 0.00287. The zero-order valence-electron chi connectivity index (χ0n) is 16.9. The van der Waals surface area contributed by atoms with E-state index >= 15 is 0 Å². The fraction of sp³-hybridized carbons (Fsp3) is 0.150. The first-order chi connectivity index (χ1) is 15.5. The Morgan fingerprint density at radius 2 is 1.88 bits per heavy atom. The third-order valence-corrected chi connectivity index (χ3v) is 4.99. The molecule has 0 unspecified atom stereocenters. The number of nitro groups is 1. The van der Waals surface area contributed by atoms with Gasteiger partial charge in [-0.1, -0.05) is 6.07 Å². The molecule has 0 aliphatic carbocycles. The lowest BCUT2D eigenvalue weighted by Gasteiger charge is -2.13. The van der Waals surface area contributed by atoms with E-state index in [4.69, 9.17) is 9.47 Å². The fourth-order valence-electron chi connectivity index (χ4n) is 2.66. The van der Waals surface area contributed by atoms with Gasteiger partial charge in [0, 0.05) is 13.0 Å². The van der Waals surface area contributed by atoms with Crippen LogP contribution < -0.4 is 14.8 Å². The summed E-state index contributed by atoms with van der Waals surface area (Å²) in [6, 6.07) is 6.25. The number of ether oxygens (including phenoxy) is 2. The molecule has 1 aliphatic heterocycles. The largest absolute Gasteiger partial charge is 0.493 e. The van der Waals surface area contributed by atoms with Crippen molar-refractivity contribution >= 4 is 40.5 Å². The van der Waals surface area contributed by atoms with Gasteiger partial charge in [0.05, 0.1) is 22.5 Å². The summed E-state index contributed by atoms with van der Waals surface area (Å²) < 4.78 is 49.4. The van der Waals surface area contributed by atoms with Crippen LogP contribution in [-0.4, -0.2) is 29.0 Å². The number of nitrogens with zero attached hydrogens (tertiary/aromatic N) is 2. The van der Waals surface area contributed by atoms with Gasteiger partial charge in [0.15, 0.2) is 16.7 Å². The van der Waals surface area contributed by atoms with Crippen molar-refractivity contribution in [2.75, 3.05) is 7.11 Å². The number of nitro benzene ring substituents is 1. The Hall–Kier alpha value is -3.87. The number of benzene rings is 2. The molecule has 33 heavy (non-hydrogen) atoms. The first-order valence-corrected chi connectivity index (χ1v) is 9.81. The van der Waals surface area contributed by atoms with Gasteiger partial charge in [0.1, 0.15) is 0 Å². The summed E-state index contributed by atoms with van der Waals surface area (Å²) in [5, 5.41) is 13.8. The van der Waals surface area contributed by atoms with Gasteiger partial charge in [-0.15, -0.1) is 0 Å². The van der Waals surface area contributed by atoms with Gasteiger partial charge >= 0.3 is 11.9 Å². The van der Waals surface area contributed by atoms with Crippen molar-refractivity contribution < 1.29 is 37.2 Å². The van der Waals surface area contributed by atoms with Gasteiger partial charge in [-0.25, -0.2) is 0 Å². The van der Waals surface area contributed by atoms with E-state index in [9.17, 15) is 32.9 Å². The molecule has 2 aromatic carbocycles.